The maximum atomic E-state index is 13.4. The Morgan fingerprint density at radius 3 is 1.97 bits per heavy atom. The van der Waals surface area contributed by atoms with E-state index >= 15 is 0 Å². The van der Waals surface area contributed by atoms with Crippen LogP contribution in [-0.4, -0.2) is 17.9 Å². The van der Waals surface area contributed by atoms with Crippen molar-refractivity contribution in [1.82, 2.24) is 0 Å². The molecule has 4 rings (SSSR count). The molecule has 2 aliphatic rings. The number of carbonyl (C=O) groups is 2. The van der Waals surface area contributed by atoms with Crippen LogP contribution in [0.25, 0.3) is 0 Å². The first-order valence-corrected chi connectivity index (χ1v) is 11.6. The second-order valence-corrected chi connectivity index (χ2v) is 9.91. The van der Waals surface area contributed by atoms with Gasteiger partial charge in [-0.3, -0.25) is 9.59 Å². The number of anilines is 2. The molecule has 5 atom stereocenters. The number of aryl methyl sites for hydroxylation is 2. The minimum Gasteiger partial charge on any atom is -0.326 e. The van der Waals surface area contributed by atoms with Gasteiger partial charge in [-0.25, -0.2) is 0 Å². The Morgan fingerprint density at radius 2 is 1.47 bits per heavy atom. The van der Waals surface area contributed by atoms with Crippen molar-refractivity contribution in [1.29, 1.82) is 0 Å². The van der Waals surface area contributed by atoms with Crippen molar-refractivity contribution in [3.63, 3.8) is 0 Å². The Labute approximate surface area is 204 Å². The molecule has 1 aliphatic heterocycles. The molecule has 1 N–H and O–H groups in total. The molecule has 4 unspecified atom stereocenters. The molecular weight excluding hydrogens is 486 g/mol. The predicted molar refractivity (Wildman–Crippen MR) is 122 cm³/mol. The van der Waals surface area contributed by atoms with Gasteiger partial charge in [0.25, 0.3) is 0 Å². The molecule has 2 amide bonds. The van der Waals surface area contributed by atoms with Crippen LogP contribution in [-0.2, 0) is 21.9 Å². The number of halogens is 6. The highest BCUT2D eigenvalue weighted by Crippen LogP contribution is 2.51. The second-order valence-electron chi connectivity index (χ2n) is 9.91. The standard InChI is InChI=1S/C26H26F6N2O2/c1-12-6-5-7-13(2)21(12)34-22-19(15(4)24(34)36)8-14(3)20(22)23(35)33-18-10-16(25(27,28)29)9-17(11-18)26(30,31)32/h5-7,9-11,14-15,19-20,22H,8H2,1-4H3,(H,33,35)/t14?,15-,19?,20?,22?/m0/s1. The van der Waals surface area contributed by atoms with Crippen LogP contribution in [0.1, 0.15) is 42.5 Å². The summed E-state index contributed by atoms with van der Waals surface area (Å²) in [6.45, 7) is 7.31. The lowest BCUT2D eigenvalue weighted by molar-refractivity contribution is -0.143. The van der Waals surface area contributed by atoms with Crippen molar-refractivity contribution < 1.29 is 35.9 Å². The lowest BCUT2D eigenvalue weighted by Crippen LogP contribution is -2.44. The fourth-order valence-corrected chi connectivity index (χ4v) is 5.83. The van der Waals surface area contributed by atoms with E-state index in [4.69, 9.17) is 0 Å². The van der Waals surface area contributed by atoms with Crippen molar-refractivity contribution in [2.24, 2.45) is 23.7 Å². The van der Waals surface area contributed by atoms with Crippen molar-refractivity contribution in [3.05, 3.63) is 58.7 Å². The van der Waals surface area contributed by atoms with E-state index in [2.05, 4.69) is 5.32 Å². The Morgan fingerprint density at radius 1 is 0.944 bits per heavy atom. The van der Waals surface area contributed by atoms with E-state index in [1.807, 2.05) is 39.0 Å². The van der Waals surface area contributed by atoms with E-state index in [0.29, 0.717) is 24.2 Å². The third kappa shape index (κ3) is 4.46. The predicted octanol–water partition coefficient (Wildman–Crippen LogP) is 6.60. The number of nitrogens with zero attached hydrogens (tertiary/aromatic N) is 1. The highest BCUT2D eigenvalue weighted by molar-refractivity contribution is 6.02. The monoisotopic (exact) mass is 512 g/mol. The lowest BCUT2D eigenvalue weighted by Gasteiger charge is -2.32. The number of nitrogens with one attached hydrogen (secondary N) is 1. The molecule has 2 aromatic carbocycles. The van der Waals surface area contributed by atoms with E-state index < -0.39 is 47.0 Å². The molecule has 2 fully saturated rings. The van der Waals surface area contributed by atoms with Gasteiger partial charge in [0, 0.05) is 17.3 Å². The molecule has 1 heterocycles. The minimum atomic E-state index is -5.03. The summed E-state index contributed by atoms with van der Waals surface area (Å²) in [5.41, 5.74) is -1.25. The summed E-state index contributed by atoms with van der Waals surface area (Å²) in [4.78, 5) is 28.4. The number of para-hydroxylation sites is 1. The summed E-state index contributed by atoms with van der Waals surface area (Å²) < 4.78 is 79.7. The topological polar surface area (TPSA) is 49.4 Å². The van der Waals surface area contributed by atoms with Gasteiger partial charge in [-0.1, -0.05) is 32.0 Å². The maximum absolute atomic E-state index is 13.4. The molecule has 1 saturated carbocycles. The van der Waals surface area contributed by atoms with Crippen molar-refractivity contribution in [3.8, 4) is 0 Å². The van der Waals surface area contributed by atoms with Gasteiger partial charge in [0.2, 0.25) is 11.8 Å². The van der Waals surface area contributed by atoms with Gasteiger partial charge in [0.15, 0.2) is 0 Å². The van der Waals surface area contributed by atoms with Crippen molar-refractivity contribution in [2.75, 3.05) is 10.2 Å². The number of rotatable bonds is 3. The van der Waals surface area contributed by atoms with Crippen LogP contribution < -0.4 is 10.2 Å². The minimum absolute atomic E-state index is 0.0177. The average Bonchev–Trinajstić information content (AvgIpc) is 3.20. The molecule has 4 nitrogen and oxygen atoms in total. The van der Waals surface area contributed by atoms with Gasteiger partial charge in [0.05, 0.1) is 23.1 Å². The van der Waals surface area contributed by atoms with E-state index in [0.717, 1.165) is 11.1 Å². The normalized spacial score (nSPS) is 26.3. The summed E-state index contributed by atoms with van der Waals surface area (Å²) in [6, 6.07) is 6.00. The summed E-state index contributed by atoms with van der Waals surface area (Å²) >= 11 is 0. The fourth-order valence-electron chi connectivity index (χ4n) is 5.83. The average molecular weight is 512 g/mol. The van der Waals surface area contributed by atoms with Crippen LogP contribution in [0.5, 0.6) is 0 Å². The first-order valence-electron chi connectivity index (χ1n) is 11.6. The number of alkyl halides is 6. The van der Waals surface area contributed by atoms with Gasteiger partial charge in [-0.15, -0.1) is 0 Å². The van der Waals surface area contributed by atoms with Gasteiger partial charge < -0.3 is 10.2 Å². The summed E-state index contributed by atoms with van der Waals surface area (Å²) in [5, 5.41) is 2.31. The van der Waals surface area contributed by atoms with Crippen LogP contribution in [0.15, 0.2) is 36.4 Å². The van der Waals surface area contributed by atoms with Crippen LogP contribution in [0.4, 0.5) is 37.7 Å². The first kappa shape index (κ1) is 26.0. The summed E-state index contributed by atoms with van der Waals surface area (Å²) in [6.07, 6.45) is -9.52. The van der Waals surface area contributed by atoms with Crippen molar-refractivity contribution in [2.45, 2.75) is 52.5 Å². The smallest absolute Gasteiger partial charge is 0.326 e. The first-order chi connectivity index (χ1) is 16.6. The zero-order valence-corrected chi connectivity index (χ0v) is 20.1. The molecule has 0 aromatic heterocycles. The molecule has 1 saturated heterocycles. The Balaban J connectivity index is 1.73. The van der Waals surface area contributed by atoms with Crippen LogP contribution in [0.2, 0.25) is 0 Å². The van der Waals surface area contributed by atoms with Gasteiger partial charge >= 0.3 is 12.4 Å². The zero-order valence-electron chi connectivity index (χ0n) is 20.1. The third-order valence-electron chi connectivity index (χ3n) is 7.47. The largest absolute Gasteiger partial charge is 0.416 e. The van der Waals surface area contributed by atoms with E-state index in [1.54, 1.807) is 11.8 Å². The van der Waals surface area contributed by atoms with Crippen LogP contribution in [0, 0.1) is 37.5 Å². The van der Waals surface area contributed by atoms with Crippen molar-refractivity contribution >= 4 is 23.2 Å². The molecule has 0 radical (unpaired) electrons. The number of benzene rings is 2. The SMILES string of the molecule is Cc1cccc(C)c1N1C(=O)[C@@H](C)C2CC(C)C(C(=O)Nc3cc(C(F)(F)F)cc(C(F)(F)F)c3)C21. The van der Waals surface area contributed by atoms with Gasteiger partial charge in [-0.2, -0.15) is 26.3 Å². The zero-order chi connectivity index (χ0) is 26.7. The molecule has 36 heavy (non-hydrogen) atoms. The summed E-state index contributed by atoms with van der Waals surface area (Å²) in [7, 11) is 0. The second kappa shape index (κ2) is 8.81. The van der Waals surface area contributed by atoms with E-state index in [-0.39, 0.29) is 29.7 Å². The Hall–Kier alpha value is -3.04. The maximum Gasteiger partial charge on any atom is 0.416 e. The third-order valence-corrected chi connectivity index (χ3v) is 7.47. The number of hydrogen-bond donors (Lipinski definition) is 1. The molecule has 0 bridgehead atoms. The lowest BCUT2D eigenvalue weighted by atomic mass is 9.91. The highest BCUT2D eigenvalue weighted by Gasteiger charge is 2.57. The number of fused-ring (bicyclic) bond motifs is 1. The van der Waals surface area contributed by atoms with Crippen LogP contribution >= 0.6 is 0 Å². The van der Waals surface area contributed by atoms with Gasteiger partial charge in [-0.05, 0) is 61.4 Å². The molecule has 194 valence electrons. The quantitative estimate of drug-likeness (QED) is 0.471. The molecular formula is C26H26F6N2O2. The highest BCUT2D eigenvalue weighted by atomic mass is 19.4. The number of amides is 2. The molecule has 0 spiro atoms. The number of carbonyl (C=O) groups excluding carboxylic acids is 2. The van der Waals surface area contributed by atoms with Crippen LogP contribution in [0.3, 0.4) is 0 Å². The molecule has 1 aliphatic carbocycles. The Bertz CT molecular complexity index is 1150. The van der Waals surface area contributed by atoms with Gasteiger partial charge in [0.1, 0.15) is 0 Å². The van der Waals surface area contributed by atoms with E-state index in [1.165, 1.54) is 0 Å². The summed E-state index contributed by atoms with van der Waals surface area (Å²) in [5.74, 6) is -2.46. The number of hydrogen-bond acceptors (Lipinski definition) is 2. The molecule has 10 heteroatoms. The Kier molecular flexibility index (Phi) is 6.37. The fraction of sp³-hybridized carbons (Fsp3) is 0.462. The molecule has 2 aromatic rings. The van der Waals surface area contributed by atoms with E-state index in [9.17, 15) is 35.9 Å².